The van der Waals surface area contributed by atoms with E-state index in [1.807, 2.05) is 4.90 Å². The van der Waals surface area contributed by atoms with Crippen LogP contribution in [-0.2, 0) is 15.4 Å². The Labute approximate surface area is 223 Å². The van der Waals surface area contributed by atoms with Gasteiger partial charge in [0.2, 0.25) is 5.82 Å². The molecule has 204 valence electrons. The number of carbonyl (C=O) groups is 1. The molecule has 2 saturated heterocycles. The number of carbonyl (C=O) groups excluding carboxylic acids is 1. The molecule has 15 heteroatoms. The monoisotopic (exact) mass is 552 g/mol. The Kier molecular flexibility index (Phi) is 5.69. The first-order valence-electron chi connectivity index (χ1n) is 12.5. The number of hydrogen-bond donors (Lipinski definition) is 3. The first-order valence-corrected chi connectivity index (χ1v) is 14.4. The summed E-state index contributed by atoms with van der Waals surface area (Å²) in [5, 5.41) is 22.1. The molecule has 4 N–H and O–H groups in total. The van der Waals surface area contributed by atoms with E-state index in [1.54, 1.807) is 32.4 Å². The number of amides is 1. The maximum atomic E-state index is 13.1. The van der Waals surface area contributed by atoms with Crippen LogP contribution in [0.15, 0.2) is 29.8 Å². The maximum Gasteiger partial charge on any atom is 0.292 e. The van der Waals surface area contributed by atoms with E-state index in [9.17, 15) is 18.3 Å². The van der Waals surface area contributed by atoms with Crippen molar-refractivity contribution in [3.05, 3.63) is 42.3 Å². The second kappa shape index (κ2) is 8.77. The van der Waals surface area contributed by atoms with Crippen LogP contribution in [0.4, 0.5) is 5.82 Å². The number of aromatic nitrogens is 8. The van der Waals surface area contributed by atoms with Crippen LogP contribution in [0.1, 0.15) is 67.6 Å². The predicted molar refractivity (Wildman–Crippen MR) is 138 cm³/mol. The number of aromatic amines is 1. The molecule has 2 aliphatic rings. The second-order valence-corrected chi connectivity index (χ2v) is 12.7. The minimum Gasteiger partial charge on any atom is -0.382 e. The largest absolute Gasteiger partial charge is 0.382 e. The molecule has 1 amide bonds. The Hall–Kier alpha value is -3.98. The number of fused-ring (bicyclic) bond motifs is 3. The minimum absolute atomic E-state index is 0.0229. The quantitative estimate of drug-likeness (QED) is 0.320. The van der Waals surface area contributed by atoms with E-state index < -0.39 is 15.4 Å². The number of aliphatic hydroxyl groups is 1. The van der Waals surface area contributed by atoms with Gasteiger partial charge in [-0.15, -0.1) is 10.2 Å². The highest BCUT2D eigenvalue weighted by Crippen LogP contribution is 2.45. The number of nitrogens with zero attached hydrogens (tertiary/aromatic N) is 8. The Balaban J connectivity index is 1.42. The molecule has 6 rings (SSSR count). The SMILES string of the molecule is CC(C)(O)c1ncc(-c2cnn3c(N)c(S(C)(=O)=O)c([C@@H]4CC5CC[C@@H](C4)N5C(=O)c4nnc[nH]4)nc23)cn1. The van der Waals surface area contributed by atoms with Crippen LogP contribution in [0.25, 0.3) is 16.8 Å². The van der Waals surface area contributed by atoms with E-state index >= 15 is 0 Å². The maximum absolute atomic E-state index is 13.1. The number of rotatable bonds is 5. The minimum atomic E-state index is -3.77. The lowest BCUT2D eigenvalue weighted by Crippen LogP contribution is -2.46. The number of hydrogen-bond acceptors (Lipinski definition) is 11. The Morgan fingerprint density at radius 1 is 1.15 bits per heavy atom. The first-order chi connectivity index (χ1) is 18.4. The molecule has 14 nitrogen and oxygen atoms in total. The molecule has 0 radical (unpaired) electrons. The summed E-state index contributed by atoms with van der Waals surface area (Å²) in [6, 6.07) is -0.185. The molecule has 2 aliphatic heterocycles. The third-order valence-corrected chi connectivity index (χ3v) is 8.68. The van der Waals surface area contributed by atoms with Crippen molar-refractivity contribution in [2.24, 2.45) is 0 Å². The van der Waals surface area contributed by atoms with Crippen LogP contribution in [-0.4, -0.2) is 82.4 Å². The highest BCUT2D eigenvalue weighted by Gasteiger charge is 2.46. The highest BCUT2D eigenvalue weighted by atomic mass is 32.2. The van der Waals surface area contributed by atoms with E-state index in [0.717, 1.165) is 19.1 Å². The van der Waals surface area contributed by atoms with Crippen molar-refractivity contribution in [2.75, 3.05) is 12.0 Å². The van der Waals surface area contributed by atoms with Crippen LogP contribution in [0.2, 0.25) is 0 Å². The molecular weight excluding hydrogens is 524 g/mol. The Bertz CT molecular complexity index is 1660. The number of H-pyrrole nitrogens is 1. The molecule has 4 aromatic heterocycles. The summed E-state index contributed by atoms with van der Waals surface area (Å²) in [7, 11) is -3.77. The summed E-state index contributed by atoms with van der Waals surface area (Å²) in [5.74, 6) is -0.0255. The molecule has 1 unspecified atom stereocenters. The van der Waals surface area contributed by atoms with E-state index in [-0.39, 0.29) is 46.3 Å². The Morgan fingerprint density at radius 2 is 1.82 bits per heavy atom. The van der Waals surface area contributed by atoms with Gasteiger partial charge in [-0.2, -0.15) is 9.61 Å². The summed E-state index contributed by atoms with van der Waals surface area (Å²) in [6.45, 7) is 3.19. The summed E-state index contributed by atoms with van der Waals surface area (Å²) < 4.78 is 27.3. The topological polar surface area (TPSA) is 198 Å². The number of nitrogens with one attached hydrogen (secondary N) is 1. The second-order valence-electron chi connectivity index (χ2n) is 10.7. The van der Waals surface area contributed by atoms with Gasteiger partial charge in [-0.1, -0.05) is 0 Å². The van der Waals surface area contributed by atoms with Crippen LogP contribution in [0.3, 0.4) is 0 Å². The van der Waals surface area contributed by atoms with Crippen LogP contribution < -0.4 is 5.73 Å². The van der Waals surface area contributed by atoms with Crippen molar-refractivity contribution in [3.8, 4) is 11.1 Å². The molecule has 2 fully saturated rings. The van der Waals surface area contributed by atoms with E-state index in [0.29, 0.717) is 35.3 Å². The molecule has 4 aromatic rings. The van der Waals surface area contributed by atoms with Crippen molar-refractivity contribution in [1.29, 1.82) is 0 Å². The summed E-state index contributed by atoms with van der Waals surface area (Å²) >= 11 is 0. The van der Waals surface area contributed by atoms with Gasteiger partial charge in [0.25, 0.3) is 5.91 Å². The average molecular weight is 553 g/mol. The third-order valence-electron chi connectivity index (χ3n) is 7.52. The fourth-order valence-electron chi connectivity index (χ4n) is 5.83. The highest BCUT2D eigenvalue weighted by molar-refractivity contribution is 7.91. The molecule has 0 spiro atoms. The lowest BCUT2D eigenvalue weighted by Gasteiger charge is -2.38. The first kappa shape index (κ1) is 25.3. The molecule has 0 aromatic carbocycles. The summed E-state index contributed by atoms with van der Waals surface area (Å²) in [5.41, 5.74) is 7.16. The van der Waals surface area contributed by atoms with Crippen molar-refractivity contribution in [2.45, 2.75) is 68.0 Å². The Morgan fingerprint density at radius 3 is 2.38 bits per heavy atom. The van der Waals surface area contributed by atoms with Gasteiger partial charge in [0.15, 0.2) is 21.3 Å². The van der Waals surface area contributed by atoms with Gasteiger partial charge in [0, 0.05) is 47.8 Å². The van der Waals surface area contributed by atoms with Gasteiger partial charge in [0.05, 0.1) is 11.9 Å². The number of piperidine rings is 1. The summed E-state index contributed by atoms with van der Waals surface area (Å²) in [6.07, 6.45) is 9.82. The average Bonchev–Trinajstić information content (AvgIpc) is 3.61. The lowest BCUT2D eigenvalue weighted by molar-refractivity contribution is 0.0556. The van der Waals surface area contributed by atoms with Gasteiger partial charge in [-0.3, -0.25) is 4.79 Å². The van der Waals surface area contributed by atoms with E-state index in [2.05, 4.69) is 30.2 Å². The fourth-order valence-corrected chi connectivity index (χ4v) is 6.88. The van der Waals surface area contributed by atoms with Crippen LogP contribution in [0, 0.1) is 0 Å². The predicted octanol–water partition coefficient (Wildman–Crippen LogP) is 1.07. The zero-order valence-electron chi connectivity index (χ0n) is 21.6. The van der Waals surface area contributed by atoms with E-state index in [1.165, 1.54) is 10.8 Å². The molecular formula is C24H28N10O4S. The molecule has 6 heterocycles. The standard InChI is InChI=1S/C24H28N10O4S/c1-24(2,36)23-26-8-13(9-27-23)16-10-30-34-19(25)18(39(3,37)38)17(31-21(16)34)12-6-14-4-5-15(7-12)33(14)22(35)20-28-11-29-32-20/h8-12,14-15,36H,4-7,25H2,1-3H3,(H,28,29,32)/t12-,14-,15?/m0/s1. The number of nitrogens with two attached hydrogens (primary N) is 1. The van der Waals surface area contributed by atoms with Crippen molar-refractivity contribution in [3.63, 3.8) is 0 Å². The molecule has 39 heavy (non-hydrogen) atoms. The van der Waals surface area contributed by atoms with Gasteiger partial charge in [0.1, 0.15) is 22.6 Å². The number of nitrogen functional groups attached to an aromatic ring is 1. The number of anilines is 1. The molecule has 2 bridgehead atoms. The van der Waals surface area contributed by atoms with Gasteiger partial charge in [-0.25, -0.2) is 23.4 Å². The fraction of sp³-hybridized carbons (Fsp3) is 0.458. The van der Waals surface area contributed by atoms with Crippen LogP contribution in [0.5, 0.6) is 0 Å². The zero-order valence-corrected chi connectivity index (χ0v) is 22.4. The third kappa shape index (κ3) is 4.21. The van der Waals surface area contributed by atoms with Crippen molar-refractivity contribution < 1.29 is 18.3 Å². The molecule has 0 saturated carbocycles. The van der Waals surface area contributed by atoms with E-state index in [4.69, 9.17) is 10.7 Å². The smallest absolute Gasteiger partial charge is 0.292 e. The number of sulfone groups is 1. The van der Waals surface area contributed by atoms with Crippen molar-refractivity contribution >= 4 is 27.2 Å². The lowest BCUT2D eigenvalue weighted by atomic mass is 9.87. The zero-order chi connectivity index (χ0) is 27.7. The normalized spacial score (nSPS) is 21.5. The van der Waals surface area contributed by atoms with Gasteiger partial charge >= 0.3 is 0 Å². The molecule has 0 aliphatic carbocycles. The molecule has 3 atom stereocenters. The van der Waals surface area contributed by atoms with Gasteiger partial charge < -0.3 is 20.7 Å². The van der Waals surface area contributed by atoms with Crippen molar-refractivity contribution in [1.82, 2.24) is 44.6 Å². The van der Waals surface area contributed by atoms with Gasteiger partial charge in [-0.05, 0) is 39.5 Å². The van der Waals surface area contributed by atoms with Crippen LogP contribution >= 0.6 is 0 Å². The summed E-state index contributed by atoms with van der Waals surface area (Å²) in [4.78, 5) is 31.1.